The molecular formula is C15H21N3O. The van der Waals surface area contributed by atoms with Gasteiger partial charge in [0, 0.05) is 24.3 Å². The molecule has 19 heavy (non-hydrogen) atoms. The van der Waals surface area contributed by atoms with E-state index in [0.29, 0.717) is 6.54 Å². The molecule has 0 saturated heterocycles. The summed E-state index contributed by atoms with van der Waals surface area (Å²) in [5.41, 5.74) is 8.98. The Hall–Kier alpha value is -1.65. The average molecular weight is 259 g/mol. The molecule has 0 bridgehead atoms. The first-order valence-electron chi connectivity index (χ1n) is 6.63. The van der Waals surface area contributed by atoms with Crippen molar-refractivity contribution in [3.05, 3.63) is 53.2 Å². The maximum Gasteiger partial charge on any atom is 0.121 e. The van der Waals surface area contributed by atoms with E-state index >= 15 is 0 Å². The van der Waals surface area contributed by atoms with Crippen molar-refractivity contribution in [1.82, 2.24) is 9.88 Å². The minimum absolute atomic E-state index is 0.447. The van der Waals surface area contributed by atoms with Gasteiger partial charge in [-0.15, -0.1) is 0 Å². The third kappa shape index (κ3) is 3.66. The minimum Gasteiger partial charge on any atom is -0.468 e. The Morgan fingerprint density at radius 2 is 2.11 bits per heavy atom. The van der Waals surface area contributed by atoms with Crippen LogP contribution in [0.1, 0.15) is 29.6 Å². The number of hydrogen-bond acceptors (Lipinski definition) is 4. The molecular weight excluding hydrogens is 238 g/mol. The van der Waals surface area contributed by atoms with Crippen molar-refractivity contribution in [3.63, 3.8) is 0 Å². The molecule has 2 rings (SSSR count). The summed E-state index contributed by atoms with van der Waals surface area (Å²) in [6.07, 6.45) is 1.70. The second-order valence-corrected chi connectivity index (χ2v) is 4.65. The van der Waals surface area contributed by atoms with Crippen molar-refractivity contribution in [2.75, 3.05) is 6.54 Å². The lowest BCUT2D eigenvalue weighted by molar-refractivity contribution is 0.265. The molecule has 0 unspecified atom stereocenters. The van der Waals surface area contributed by atoms with Crippen molar-refractivity contribution >= 4 is 0 Å². The maximum absolute atomic E-state index is 5.66. The van der Waals surface area contributed by atoms with Gasteiger partial charge in [-0.1, -0.05) is 13.0 Å². The average Bonchev–Trinajstić information content (AvgIpc) is 2.85. The van der Waals surface area contributed by atoms with Crippen LogP contribution in [0.4, 0.5) is 0 Å². The summed E-state index contributed by atoms with van der Waals surface area (Å²) in [5.74, 6) is 0.871. The van der Waals surface area contributed by atoms with Gasteiger partial charge in [-0.3, -0.25) is 9.88 Å². The molecule has 0 fully saturated rings. The lowest BCUT2D eigenvalue weighted by Crippen LogP contribution is -2.23. The van der Waals surface area contributed by atoms with E-state index in [1.807, 2.05) is 19.1 Å². The second kappa shape index (κ2) is 6.50. The summed E-state index contributed by atoms with van der Waals surface area (Å²) in [6.45, 7) is 7.26. The number of aryl methyl sites for hydroxylation is 1. The van der Waals surface area contributed by atoms with Crippen molar-refractivity contribution in [2.24, 2.45) is 5.73 Å². The number of aromatic nitrogens is 1. The van der Waals surface area contributed by atoms with E-state index in [1.54, 1.807) is 6.26 Å². The normalized spacial score (nSPS) is 11.2. The number of hydrogen-bond donors (Lipinski definition) is 1. The van der Waals surface area contributed by atoms with Crippen LogP contribution in [0.25, 0.3) is 0 Å². The lowest BCUT2D eigenvalue weighted by Gasteiger charge is -2.20. The van der Waals surface area contributed by atoms with Gasteiger partial charge < -0.3 is 10.2 Å². The van der Waals surface area contributed by atoms with Crippen LogP contribution in [0, 0.1) is 6.92 Å². The molecule has 0 aromatic carbocycles. The molecule has 0 spiro atoms. The summed E-state index contributed by atoms with van der Waals surface area (Å²) in [7, 11) is 0. The molecule has 0 aliphatic rings. The van der Waals surface area contributed by atoms with E-state index in [9.17, 15) is 0 Å². The van der Waals surface area contributed by atoms with Crippen molar-refractivity contribution < 1.29 is 4.42 Å². The molecule has 102 valence electrons. The van der Waals surface area contributed by atoms with Gasteiger partial charge in [0.2, 0.25) is 0 Å². The van der Waals surface area contributed by atoms with Gasteiger partial charge in [0.15, 0.2) is 0 Å². The molecule has 4 nitrogen and oxygen atoms in total. The summed E-state index contributed by atoms with van der Waals surface area (Å²) in [5, 5.41) is 0. The third-order valence-corrected chi connectivity index (χ3v) is 3.20. The summed E-state index contributed by atoms with van der Waals surface area (Å²) in [6, 6.07) is 8.13. The Bertz CT molecular complexity index is 522. The standard InChI is InChI=1S/C15H21N3O/c1-3-18(10-13-7-8-19-15(13)9-16)11-14-6-4-5-12(2)17-14/h4-8H,3,9-11,16H2,1-2H3. The van der Waals surface area contributed by atoms with E-state index in [2.05, 4.69) is 28.9 Å². The summed E-state index contributed by atoms with van der Waals surface area (Å²) >= 11 is 0. The van der Waals surface area contributed by atoms with E-state index in [0.717, 1.165) is 42.3 Å². The van der Waals surface area contributed by atoms with Crippen LogP contribution in [0.3, 0.4) is 0 Å². The number of nitrogens with zero attached hydrogens (tertiary/aromatic N) is 2. The Labute approximate surface area is 114 Å². The summed E-state index contributed by atoms with van der Waals surface area (Å²) in [4.78, 5) is 6.87. The van der Waals surface area contributed by atoms with Gasteiger partial charge in [-0.2, -0.15) is 0 Å². The number of rotatable bonds is 6. The van der Waals surface area contributed by atoms with Gasteiger partial charge >= 0.3 is 0 Å². The lowest BCUT2D eigenvalue weighted by atomic mass is 10.2. The van der Waals surface area contributed by atoms with Crippen molar-refractivity contribution in [3.8, 4) is 0 Å². The molecule has 4 heteroatoms. The van der Waals surface area contributed by atoms with E-state index in [-0.39, 0.29) is 0 Å². The highest BCUT2D eigenvalue weighted by molar-refractivity contribution is 5.17. The van der Waals surface area contributed by atoms with Crippen LogP contribution in [-0.4, -0.2) is 16.4 Å². The van der Waals surface area contributed by atoms with Crippen LogP contribution in [0.5, 0.6) is 0 Å². The topological polar surface area (TPSA) is 55.3 Å². The zero-order valence-corrected chi connectivity index (χ0v) is 11.6. The fraction of sp³-hybridized carbons (Fsp3) is 0.400. The van der Waals surface area contributed by atoms with Gasteiger partial charge in [0.25, 0.3) is 0 Å². The molecule has 0 radical (unpaired) electrons. The number of nitrogens with two attached hydrogens (primary N) is 1. The predicted molar refractivity (Wildman–Crippen MR) is 75.4 cm³/mol. The third-order valence-electron chi connectivity index (χ3n) is 3.20. The van der Waals surface area contributed by atoms with E-state index in [4.69, 9.17) is 10.2 Å². The zero-order valence-electron chi connectivity index (χ0n) is 11.6. The van der Waals surface area contributed by atoms with Gasteiger partial charge in [-0.25, -0.2) is 0 Å². The molecule has 0 atom stereocenters. The largest absolute Gasteiger partial charge is 0.468 e. The minimum atomic E-state index is 0.447. The fourth-order valence-electron chi connectivity index (χ4n) is 2.12. The molecule has 0 aliphatic carbocycles. The highest BCUT2D eigenvalue weighted by Crippen LogP contribution is 2.14. The highest BCUT2D eigenvalue weighted by atomic mass is 16.3. The summed E-state index contributed by atoms with van der Waals surface area (Å²) < 4.78 is 5.36. The van der Waals surface area contributed by atoms with E-state index < -0.39 is 0 Å². The Balaban J connectivity index is 2.04. The molecule has 0 amide bonds. The number of furan rings is 1. The fourth-order valence-corrected chi connectivity index (χ4v) is 2.12. The monoisotopic (exact) mass is 259 g/mol. The van der Waals surface area contributed by atoms with Crippen LogP contribution in [0.15, 0.2) is 34.9 Å². The molecule has 0 aliphatic heterocycles. The van der Waals surface area contributed by atoms with Crippen molar-refractivity contribution in [2.45, 2.75) is 33.5 Å². The van der Waals surface area contributed by atoms with Crippen LogP contribution < -0.4 is 5.73 Å². The smallest absolute Gasteiger partial charge is 0.121 e. The van der Waals surface area contributed by atoms with Gasteiger partial charge in [-0.05, 0) is 31.7 Å². The highest BCUT2D eigenvalue weighted by Gasteiger charge is 2.10. The quantitative estimate of drug-likeness (QED) is 0.865. The molecule has 2 N–H and O–H groups in total. The Kier molecular flexibility index (Phi) is 4.71. The van der Waals surface area contributed by atoms with Gasteiger partial charge in [0.05, 0.1) is 18.5 Å². The molecule has 2 aromatic rings. The van der Waals surface area contributed by atoms with Crippen LogP contribution >= 0.6 is 0 Å². The zero-order chi connectivity index (χ0) is 13.7. The SMILES string of the molecule is CCN(Cc1cccc(C)n1)Cc1ccoc1CN. The van der Waals surface area contributed by atoms with E-state index in [1.165, 1.54) is 0 Å². The maximum atomic E-state index is 5.66. The second-order valence-electron chi connectivity index (χ2n) is 4.65. The predicted octanol–water partition coefficient (Wildman–Crippen LogP) is 2.46. The Morgan fingerprint density at radius 3 is 2.79 bits per heavy atom. The first-order chi connectivity index (χ1) is 9.22. The first-order valence-corrected chi connectivity index (χ1v) is 6.63. The molecule has 0 saturated carbocycles. The van der Waals surface area contributed by atoms with Crippen LogP contribution in [0.2, 0.25) is 0 Å². The van der Waals surface area contributed by atoms with Crippen LogP contribution in [-0.2, 0) is 19.6 Å². The molecule has 2 heterocycles. The van der Waals surface area contributed by atoms with Gasteiger partial charge in [0.1, 0.15) is 5.76 Å². The number of pyridine rings is 1. The van der Waals surface area contributed by atoms with Crippen molar-refractivity contribution in [1.29, 1.82) is 0 Å². The molecule has 2 aromatic heterocycles. The first kappa shape index (κ1) is 13.8. The Morgan fingerprint density at radius 1 is 1.26 bits per heavy atom.